The Morgan fingerprint density at radius 1 is 1.00 bits per heavy atom. The predicted octanol–water partition coefficient (Wildman–Crippen LogP) is 4.90. The summed E-state index contributed by atoms with van der Waals surface area (Å²) in [6.07, 6.45) is 3.50. The predicted molar refractivity (Wildman–Crippen MR) is 103 cm³/mol. The van der Waals surface area contributed by atoms with E-state index in [9.17, 15) is 4.79 Å². The van der Waals surface area contributed by atoms with E-state index in [2.05, 4.69) is 10.3 Å². The molecule has 4 nitrogen and oxygen atoms in total. The number of halogens is 2. The summed E-state index contributed by atoms with van der Waals surface area (Å²) in [5.74, 6) is 0.525. The largest absolute Gasteiger partial charge is 0.489 e. The minimum Gasteiger partial charge on any atom is -0.489 e. The third kappa shape index (κ3) is 5.22. The fraction of sp³-hybridized carbons (Fsp3) is 0.100. The molecule has 0 unspecified atom stereocenters. The Hall–Kier alpha value is -2.56. The number of pyridine rings is 1. The highest BCUT2D eigenvalue weighted by Gasteiger charge is 2.08. The Kier molecular flexibility index (Phi) is 6.10. The van der Waals surface area contributed by atoms with E-state index in [0.717, 1.165) is 16.9 Å². The lowest BCUT2D eigenvalue weighted by Gasteiger charge is -2.09. The third-order valence-corrected chi connectivity index (χ3v) is 4.07. The fourth-order valence-electron chi connectivity index (χ4n) is 2.32. The molecule has 0 saturated heterocycles. The molecule has 6 heteroatoms. The lowest BCUT2D eigenvalue weighted by atomic mass is 10.2. The van der Waals surface area contributed by atoms with Crippen molar-refractivity contribution >= 4 is 29.1 Å². The maximum Gasteiger partial charge on any atom is 0.251 e. The minimum atomic E-state index is -0.230. The summed E-state index contributed by atoms with van der Waals surface area (Å²) in [5, 5.41) is 3.70. The molecule has 1 heterocycles. The van der Waals surface area contributed by atoms with Crippen LogP contribution in [0.3, 0.4) is 0 Å². The number of aromatic nitrogens is 1. The molecule has 0 spiro atoms. The van der Waals surface area contributed by atoms with Gasteiger partial charge in [0.15, 0.2) is 0 Å². The van der Waals surface area contributed by atoms with Gasteiger partial charge in [0.05, 0.1) is 0 Å². The summed E-state index contributed by atoms with van der Waals surface area (Å²) in [6.45, 7) is 0.852. The van der Waals surface area contributed by atoms with Crippen LogP contribution in [0.4, 0.5) is 0 Å². The van der Waals surface area contributed by atoms with Crippen LogP contribution in [0.1, 0.15) is 21.5 Å². The van der Waals surface area contributed by atoms with E-state index in [1.807, 2.05) is 36.4 Å². The molecule has 1 amide bonds. The van der Waals surface area contributed by atoms with Gasteiger partial charge in [-0.05, 0) is 42.0 Å². The number of nitrogens with zero attached hydrogens (tertiary/aromatic N) is 1. The highest BCUT2D eigenvalue weighted by Crippen LogP contribution is 2.19. The lowest BCUT2D eigenvalue weighted by Crippen LogP contribution is -2.22. The maximum atomic E-state index is 12.2. The third-order valence-electron chi connectivity index (χ3n) is 3.63. The Morgan fingerprint density at radius 2 is 1.73 bits per heavy atom. The van der Waals surface area contributed by atoms with Crippen LogP contribution in [0.2, 0.25) is 10.0 Å². The molecule has 0 bridgehead atoms. The SMILES string of the molecule is O=C(NCc1ccc(OCc2cccnc2)cc1)c1cc(Cl)cc(Cl)c1. The maximum absolute atomic E-state index is 12.2. The number of rotatable bonds is 6. The average Bonchev–Trinajstić information content (AvgIpc) is 2.65. The summed E-state index contributed by atoms with van der Waals surface area (Å²) < 4.78 is 5.71. The van der Waals surface area contributed by atoms with Crippen molar-refractivity contribution in [2.75, 3.05) is 0 Å². The lowest BCUT2D eigenvalue weighted by molar-refractivity contribution is 0.0951. The van der Waals surface area contributed by atoms with Crippen molar-refractivity contribution in [2.24, 2.45) is 0 Å². The second kappa shape index (κ2) is 8.70. The quantitative estimate of drug-likeness (QED) is 0.655. The summed E-state index contributed by atoms with van der Waals surface area (Å²) >= 11 is 11.8. The smallest absolute Gasteiger partial charge is 0.251 e. The molecule has 132 valence electrons. The number of amides is 1. The number of hydrogen-bond donors (Lipinski definition) is 1. The Bertz CT molecular complexity index is 864. The molecule has 0 aliphatic carbocycles. The van der Waals surface area contributed by atoms with Crippen LogP contribution >= 0.6 is 23.2 Å². The zero-order valence-electron chi connectivity index (χ0n) is 13.8. The van der Waals surface area contributed by atoms with Crippen molar-refractivity contribution < 1.29 is 9.53 Å². The van der Waals surface area contributed by atoms with Crippen LogP contribution in [-0.2, 0) is 13.2 Å². The zero-order valence-corrected chi connectivity index (χ0v) is 15.3. The van der Waals surface area contributed by atoms with Gasteiger partial charge >= 0.3 is 0 Å². The summed E-state index contributed by atoms with van der Waals surface area (Å²) in [4.78, 5) is 16.2. The van der Waals surface area contributed by atoms with Crippen molar-refractivity contribution in [1.82, 2.24) is 10.3 Å². The second-order valence-electron chi connectivity index (χ2n) is 5.63. The van der Waals surface area contributed by atoms with Crippen molar-refractivity contribution in [3.63, 3.8) is 0 Å². The Morgan fingerprint density at radius 3 is 2.38 bits per heavy atom. The van der Waals surface area contributed by atoms with Crippen molar-refractivity contribution in [3.8, 4) is 5.75 Å². The van der Waals surface area contributed by atoms with E-state index < -0.39 is 0 Å². The molecule has 0 aliphatic heterocycles. The van der Waals surface area contributed by atoms with Crippen molar-refractivity contribution in [2.45, 2.75) is 13.2 Å². The second-order valence-corrected chi connectivity index (χ2v) is 6.51. The van der Waals surface area contributed by atoms with E-state index in [0.29, 0.717) is 28.8 Å². The number of hydrogen-bond acceptors (Lipinski definition) is 3. The first-order valence-electron chi connectivity index (χ1n) is 7.95. The normalized spacial score (nSPS) is 10.4. The van der Waals surface area contributed by atoms with Gasteiger partial charge in [0.2, 0.25) is 0 Å². The first-order valence-corrected chi connectivity index (χ1v) is 8.71. The number of benzene rings is 2. The highest BCUT2D eigenvalue weighted by molar-refractivity contribution is 6.35. The first kappa shape index (κ1) is 18.2. The van der Waals surface area contributed by atoms with Gasteiger partial charge in [-0.25, -0.2) is 0 Å². The van der Waals surface area contributed by atoms with Crippen LogP contribution in [0.25, 0.3) is 0 Å². The van der Waals surface area contributed by atoms with Gasteiger partial charge in [-0.15, -0.1) is 0 Å². The van der Waals surface area contributed by atoms with Crippen molar-refractivity contribution in [3.05, 3.63) is 93.7 Å². The van der Waals surface area contributed by atoms with E-state index in [4.69, 9.17) is 27.9 Å². The van der Waals surface area contributed by atoms with E-state index in [1.54, 1.807) is 30.6 Å². The molecule has 1 N–H and O–H groups in total. The van der Waals surface area contributed by atoms with Crippen LogP contribution in [0.15, 0.2) is 67.0 Å². The Balaban J connectivity index is 1.53. The van der Waals surface area contributed by atoms with E-state index in [1.165, 1.54) is 0 Å². The van der Waals surface area contributed by atoms with E-state index in [-0.39, 0.29) is 5.91 Å². The van der Waals surface area contributed by atoms with Crippen LogP contribution in [0, 0.1) is 0 Å². The molecule has 2 aromatic carbocycles. The first-order chi connectivity index (χ1) is 12.6. The summed E-state index contributed by atoms with van der Waals surface area (Å²) in [7, 11) is 0. The van der Waals surface area contributed by atoms with Gasteiger partial charge in [-0.1, -0.05) is 41.4 Å². The van der Waals surface area contributed by atoms with Gasteiger partial charge in [0.25, 0.3) is 5.91 Å². The molecule has 0 fully saturated rings. The summed E-state index contributed by atoms with van der Waals surface area (Å²) in [5.41, 5.74) is 2.39. The Labute approximate surface area is 161 Å². The van der Waals surface area contributed by atoms with Gasteiger partial charge in [0.1, 0.15) is 12.4 Å². The molecule has 1 aromatic heterocycles. The standard InChI is InChI=1S/C20H16Cl2N2O2/c21-17-8-16(9-18(22)10-17)20(25)24-12-14-3-5-19(6-4-14)26-13-15-2-1-7-23-11-15/h1-11H,12-13H2,(H,24,25). The molecular weight excluding hydrogens is 371 g/mol. The van der Waals surface area contributed by atoms with Crippen LogP contribution < -0.4 is 10.1 Å². The monoisotopic (exact) mass is 386 g/mol. The van der Waals surface area contributed by atoms with Gasteiger partial charge in [-0.2, -0.15) is 0 Å². The molecule has 0 atom stereocenters. The zero-order chi connectivity index (χ0) is 18.4. The molecule has 0 saturated carbocycles. The topological polar surface area (TPSA) is 51.2 Å². The number of nitrogens with one attached hydrogen (secondary N) is 1. The fourth-order valence-corrected chi connectivity index (χ4v) is 2.85. The molecular formula is C20H16Cl2N2O2. The van der Waals surface area contributed by atoms with Gasteiger partial charge in [0, 0.05) is 40.1 Å². The molecule has 0 radical (unpaired) electrons. The molecule has 26 heavy (non-hydrogen) atoms. The summed E-state index contributed by atoms with van der Waals surface area (Å²) in [6, 6.07) is 16.1. The highest BCUT2D eigenvalue weighted by atomic mass is 35.5. The molecule has 0 aliphatic rings. The van der Waals surface area contributed by atoms with E-state index >= 15 is 0 Å². The van der Waals surface area contributed by atoms with Gasteiger partial charge in [-0.3, -0.25) is 9.78 Å². The minimum absolute atomic E-state index is 0.230. The number of carbonyl (C=O) groups is 1. The molecule has 3 rings (SSSR count). The van der Waals surface area contributed by atoms with Gasteiger partial charge < -0.3 is 10.1 Å². The average molecular weight is 387 g/mol. The van der Waals surface area contributed by atoms with Crippen LogP contribution in [-0.4, -0.2) is 10.9 Å². The molecule has 3 aromatic rings. The van der Waals surface area contributed by atoms with Crippen LogP contribution in [0.5, 0.6) is 5.75 Å². The number of carbonyl (C=O) groups excluding carboxylic acids is 1. The van der Waals surface area contributed by atoms with Crippen molar-refractivity contribution in [1.29, 1.82) is 0 Å². The number of ether oxygens (including phenoxy) is 1.